The zero-order valence-electron chi connectivity index (χ0n) is 16.9. The Hall–Kier alpha value is -2.73. The van der Waals surface area contributed by atoms with E-state index in [4.69, 9.17) is 21.1 Å². The van der Waals surface area contributed by atoms with E-state index in [2.05, 4.69) is 10.6 Å². The van der Waals surface area contributed by atoms with Gasteiger partial charge in [-0.3, -0.25) is 0 Å². The van der Waals surface area contributed by atoms with E-state index >= 15 is 0 Å². The molecule has 2 aromatic carbocycles. The number of nitrogens with one attached hydrogen (secondary N) is 2. The maximum Gasteiger partial charge on any atom is 0.408 e. The van der Waals surface area contributed by atoms with E-state index in [9.17, 15) is 9.59 Å². The smallest absolute Gasteiger partial charge is 0.408 e. The van der Waals surface area contributed by atoms with Crippen LogP contribution in [-0.4, -0.2) is 24.3 Å². The molecule has 2 aromatic rings. The van der Waals surface area contributed by atoms with Gasteiger partial charge in [-0.2, -0.15) is 0 Å². The van der Waals surface area contributed by atoms with E-state index in [1.54, 1.807) is 32.9 Å². The Bertz CT molecular complexity index is 789. The van der Waals surface area contributed by atoms with E-state index < -0.39 is 17.8 Å². The van der Waals surface area contributed by atoms with Gasteiger partial charge < -0.3 is 20.1 Å². The van der Waals surface area contributed by atoms with Crippen molar-refractivity contribution in [2.45, 2.75) is 45.4 Å². The van der Waals surface area contributed by atoms with Crippen molar-refractivity contribution in [3.63, 3.8) is 0 Å². The van der Waals surface area contributed by atoms with Crippen molar-refractivity contribution >= 4 is 23.8 Å². The molecule has 0 aliphatic rings. The third-order valence-corrected chi connectivity index (χ3v) is 4.13. The highest BCUT2D eigenvalue weighted by Crippen LogP contribution is 2.20. The second-order valence-electron chi connectivity index (χ2n) is 7.53. The first kappa shape index (κ1) is 22.6. The normalized spacial score (nSPS) is 12.0. The summed E-state index contributed by atoms with van der Waals surface area (Å²) in [6, 6.07) is 16.3. The highest BCUT2D eigenvalue weighted by Gasteiger charge is 2.20. The summed E-state index contributed by atoms with van der Waals surface area (Å²) in [7, 11) is 0. The molecule has 0 bridgehead atoms. The van der Waals surface area contributed by atoms with Crippen LogP contribution in [0.1, 0.15) is 44.4 Å². The highest BCUT2D eigenvalue weighted by atomic mass is 35.5. The molecule has 0 spiro atoms. The zero-order chi connectivity index (χ0) is 21.3. The molecule has 0 aliphatic heterocycles. The lowest BCUT2D eigenvalue weighted by Gasteiger charge is -2.24. The van der Waals surface area contributed by atoms with Crippen molar-refractivity contribution in [1.29, 1.82) is 0 Å². The molecule has 0 heterocycles. The van der Waals surface area contributed by atoms with Crippen LogP contribution in [0, 0.1) is 0 Å². The first-order valence-corrected chi connectivity index (χ1v) is 9.80. The molecule has 1 unspecified atom stereocenters. The van der Waals surface area contributed by atoms with Gasteiger partial charge in [-0.25, -0.2) is 9.59 Å². The van der Waals surface area contributed by atoms with Gasteiger partial charge in [-0.1, -0.05) is 54.1 Å². The maximum absolute atomic E-state index is 12.2. The van der Waals surface area contributed by atoms with Gasteiger partial charge >= 0.3 is 12.2 Å². The Kier molecular flexibility index (Phi) is 8.34. The minimum atomic E-state index is -0.603. The Morgan fingerprint density at radius 3 is 2.28 bits per heavy atom. The van der Waals surface area contributed by atoms with E-state index in [0.29, 0.717) is 18.0 Å². The third kappa shape index (κ3) is 8.87. The van der Waals surface area contributed by atoms with Gasteiger partial charge in [0.05, 0.1) is 6.04 Å². The average Bonchev–Trinajstić information content (AvgIpc) is 2.65. The molecule has 2 N–H and O–H groups in total. The maximum atomic E-state index is 12.2. The fraction of sp³-hybridized carbons (Fsp3) is 0.364. The fourth-order valence-corrected chi connectivity index (χ4v) is 2.69. The van der Waals surface area contributed by atoms with Crippen molar-refractivity contribution in [2.75, 3.05) is 6.54 Å². The number of halogens is 1. The van der Waals surface area contributed by atoms with Crippen molar-refractivity contribution in [3.05, 3.63) is 70.7 Å². The molecule has 7 heteroatoms. The largest absolute Gasteiger partial charge is 0.445 e. The van der Waals surface area contributed by atoms with Crippen LogP contribution in [0.2, 0.25) is 5.02 Å². The number of hydrogen-bond acceptors (Lipinski definition) is 4. The Labute approximate surface area is 176 Å². The number of carbonyl (C=O) groups is 2. The molecule has 0 aromatic heterocycles. The van der Waals surface area contributed by atoms with E-state index in [1.165, 1.54) is 0 Å². The van der Waals surface area contributed by atoms with Crippen LogP contribution in [0.25, 0.3) is 0 Å². The molecule has 0 radical (unpaired) electrons. The number of amides is 2. The lowest BCUT2D eigenvalue weighted by Crippen LogP contribution is -2.36. The van der Waals surface area contributed by atoms with Crippen molar-refractivity contribution in [1.82, 2.24) is 10.6 Å². The second kappa shape index (κ2) is 10.7. The Balaban J connectivity index is 1.88. The fourth-order valence-electron chi connectivity index (χ4n) is 2.56. The Morgan fingerprint density at radius 1 is 1.00 bits per heavy atom. The number of rotatable bonds is 7. The summed E-state index contributed by atoms with van der Waals surface area (Å²) in [5.74, 6) is 0. The molecular weight excluding hydrogens is 392 g/mol. The molecule has 0 saturated heterocycles. The summed E-state index contributed by atoms with van der Waals surface area (Å²) in [5, 5.41) is 6.16. The summed E-state index contributed by atoms with van der Waals surface area (Å²) >= 11 is 5.95. The van der Waals surface area contributed by atoms with Crippen LogP contribution in [0.15, 0.2) is 54.6 Å². The SMILES string of the molecule is CC(C)(C)OC(=O)NC(CCNC(=O)OCc1ccccc1)c1ccc(Cl)cc1. The molecule has 2 rings (SSSR count). The zero-order valence-corrected chi connectivity index (χ0v) is 17.7. The highest BCUT2D eigenvalue weighted by molar-refractivity contribution is 6.30. The van der Waals surface area contributed by atoms with E-state index in [1.807, 2.05) is 42.5 Å². The topological polar surface area (TPSA) is 76.7 Å². The van der Waals surface area contributed by atoms with E-state index in [0.717, 1.165) is 11.1 Å². The van der Waals surface area contributed by atoms with Crippen LogP contribution in [0.4, 0.5) is 9.59 Å². The summed E-state index contributed by atoms with van der Waals surface area (Å²) < 4.78 is 10.5. The van der Waals surface area contributed by atoms with Crippen molar-refractivity contribution in [3.8, 4) is 0 Å². The average molecular weight is 419 g/mol. The first-order valence-electron chi connectivity index (χ1n) is 9.42. The lowest BCUT2D eigenvalue weighted by molar-refractivity contribution is 0.0501. The van der Waals surface area contributed by atoms with Gasteiger partial charge in [-0.15, -0.1) is 0 Å². The molecule has 6 nitrogen and oxygen atoms in total. The molecule has 29 heavy (non-hydrogen) atoms. The van der Waals surface area contributed by atoms with Gasteiger partial charge in [0.25, 0.3) is 0 Å². The van der Waals surface area contributed by atoms with Crippen LogP contribution >= 0.6 is 11.6 Å². The molecule has 0 fully saturated rings. The van der Waals surface area contributed by atoms with Crippen LogP contribution < -0.4 is 10.6 Å². The number of ether oxygens (including phenoxy) is 2. The molecule has 156 valence electrons. The molecule has 1 atom stereocenters. The third-order valence-electron chi connectivity index (χ3n) is 3.88. The molecule has 0 aliphatic carbocycles. The first-order chi connectivity index (χ1) is 13.7. The standard InChI is InChI=1S/C22H27ClN2O4/c1-22(2,3)29-21(27)25-19(17-9-11-18(23)12-10-17)13-14-24-20(26)28-15-16-7-5-4-6-8-16/h4-12,19H,13-15H2,1-3H3,(H,24,26)(H,25,27). The lowest BCUT2D eigenvalue weighted by atomic mass is 10.0. The second-order valence-corrected chi connectivity index (χ2v) is 7.96. The molecule has 2 amide bonds. The van der Waals surface area contributed by atoms with Gasteiger partial charge in [0.2, 0.25) is 0 Å². The summed E-state index contributed by atoms with van der Waals surface area (Å²) in [6.07, 6.45) is -0.577. The molecular formula is C22H27ClN2O4. The number of hydrogen-bond donors (Lipinski definition) is 2. The quantitative estimate of drug-likeness (QED) is 0.646. The van der Waals surface area contributed by atoms with E-state index in [-0.39, 0.29) is 12.6 Å². The van der Waals surface area contributed by atoms with Gasteiger partial charge in [0, 0.05) is 11.6 Å². The van der Waals surface area contributed by atoms with Gasteiger partial charge in [0.1, 0.15) is 12.2 Å². The van der Waals surface area contributed by atoms with Crippen LogP contribution in [0.5, 0.6) is 0 Å². The van der Waals surface area contributed by atoms with Crippen LogP contribution in [-0.2, 0) is 16.1 Å². The predicted molar refractivity (Wildman–Crippen MR) is 113 cm³/mol. The number of carbonyl (C=O) groups excluding carboxylic acids is 2. The Morgan fingerprint density at radius 2 is 1.66 bits per heavy atom. The van der Waals surface area contributed by atoms with Gasteiger partial charge in [-0.05, 0) is 50.5 Å². The number of alkyl carbamates (subject to hydrolysis) is 2. The minimum Gasteiger partial charge on any atom is -0.445 e. The van der Waals surface area contributed by atoms with Crippen molar-refractivity contribution in [2.24, 2.45) is 0 Å². The monoisotopic (exact) mass is 418 g/mol. The summed E-state index contributed by atoms with van der Waals surface area (Å²) in [5.41, 5.74) is 1.17. The van der Waals surface area contributed by atoms with Crippen LogP contribution in [0.3, 0.4) is 0 Å². The van der Waals surface area contributed by atoms with Crippen molar-refractivity contribution < 1.29 is 19.1 Å². The molecule has 0 saturated carbocycles. The summed E-state index contributed by atoms with van der Waals surface area (Å²) in [4.78, 5) is 24.1. The van der Waals surface area contributed by atoms with Gasteiger partial charge in [0.15, 0.2) is 0 Å². The number of benzene rings is 2. The minimum absolute atomic E-state index is 0.198. The summed E-state index contributed by atoms with van der Waals surface area (Å²) in [6.45, 7) is 5.91. The predicted octanol–water partition coefficient (Wildman–Crippen LogP) is 5.22.